The highest BCUT2D eigenvalue weighted by Crippen LogP contribution is 2.48. The average molecular weight is 423 g/mol. The first-order chi connectivity index (χ1) is 14.4. The number of amides is 2. The van der Waals surface area contributed by atoms with Crippen LogP contribution in [0, 0.1) is 25.7 Å². The maximum Gasteiger partial charge on any atom is 0.239 e. The normalized spacial score (nSPS) is 28.2. The first-order valence-electron chi connectivity index (χ1n) is 10.4. The molecule has 0 saturated carbocycles. The van der Waals surface area contributed by atoms with E-state index < -0.39 is 17.9 Å². The Balaban J connectivity index is 1.56. The van der Waals surface area contributed by atoms with E-state index in [1.165, 1.54) is 4.90 Å². The van der Waals surface area contributed by atoms with Crippen molar-refractivity contribution >= 4 is 34.9 Å². The number of hydrogen-bond donors (Lipinski definition) is 0. The Morgan fingerprint density at radius 3 is 2.40 bits per heavy atom. The van der Waals surface area contributed by atoms with Crippen LogP contribution in [0.15, 0.2) is 42.5 Å². The van der Waals surface area contributed by atoms with E-state index in [1.807, 2.05) is 32.0 Å². The van der Waals surface area contributed by atoms with Gasteiger partial charge in [0.05, 0.1) is 23.6 Å². The third kappa shape index (κ3) is 2.76. The van der Waals surface area contributed by atoms with Gasteiger partial charge in [0.2, 0.25) is 11.8 Å². The van der Waals surface area contributed by atoms with Crippen molar-refractivity contribution in [1.82, 2.24) is 4.90 Å². The molecule has 5 nitrogen and oxygen atoms in total. The number of aryl methyl sites for hydroxylation is 2. The molecule has 3 aliphatic rings. The predicted molar refractivity (Wildman–Crippen MR) is 115 cm³/mol. The zero-order chi connectivity index (χ0) is 21.2. The monoisotopic (exact) mass is 422 g/mol. The van der Waals surface area contributed by atoms with E-state index in [0.29, 0.717) is 16.3 Å². The van der Waals surface area contributed by atoms with E-state index >= 15 is 0 Å². The number of imide groups is 1. The molecule has 0 unspecified atom stereocenters. The third-order valence-electron chi connectivity index (χ3n) is 6.84. The van der Waals surface area contributed by atoms with Gasteiger partial charge < -0.3 is 0 Å². The summed E-state index contributed by atoms with van der Waals surface area (Å²) in [5, 5.41) is 0.558. The van der Waals surface area contributed by atoms with Gasteiger partial charge in [0.1, 0.15) is 0 Å². The number of nitrogens with zero attached hydrogens (tertiary/aromatic N) is 2. The van der Waals surface area contributed by atoms with Crippen molar-refractivity contribution < 1.29 is 14.4 Å². The first kappa shape index (κ1) is 19.5. The van der Waals surface area contributed by atoms with Crippen LogP contribution in [0.1, 0.15) is 34.3 Å². The minimum absolute atomic E-state index is 0.0524. The van der Waals surface area contributed by atoms with Crippen LogP contribution in [0.5, 0.6) is 0 Å². The van der Waals surface area contributed by atoms with Gasteiger partial charge in [-0.15, -0.1) is 0 Å². The summed E-state index contributed by atoms with van der Waals surface area (Å²) in [6.45, 7) is 4.64. The van der Waals surface area contributed by atoms with Crippen molar-refractivity contribution in [3.05, 3.63) is 64.2 Å². The number of fused-ring (bicyclic) bond motifs is 3. The molecule has 2 aromatic carbocycles. The molecular weight excluding hydrogens is 400 g/mol. The third-order valence-corrected chi connectivity index (χ3v) is 7.09. The molecule has 0 bridgehead atoms. The zero-order valence-corrected chi connectivity index (χ0v) is 17.7. The minimum Gasteiger partial charge on any atom is -0.292 e. The summed E-state index contributed by atoms with van der Waals surface area (Å²) in [6, 6.07) is 11.8. The highest BCUT2D eigenvalue weighted by molar-refractivity contribution is 6.30. The van der Waals surface area contributed by atoms with Gasteiger partial charge >= 0.3 is 0 Å². The van der Waals surface area contributed by atoms with Crippen molar-refractivity contribution in [2.75, 3.05) is 11.4 Å². The molecular formula is C24H23ClN2O3. The number of carbonyl (C=O) groups excluding carboxylic acids is 3. The van der Waals surface area contributed by atoms with Gasteiger partial charge in [-0.25, -0.2) is 4.90 Å². The van der Waals surface area contributed by atoms with Crippen LogP contribution in [-0.2, 0) is 9.59 Å². The highest BCUT2D eigenvalue weighted by atomic mass is 35.5. The molecule has 0 radical (unpaired) electrons. The van der Waals surface area contributed by atoms with E-state index in [0.717, 1.165) is 30.5 Å². The van der Waals surface area contributed by atoms with Crippen LogP contribution in [0.3, 0.4) is 0 Å². The average Bonchev–Trinajstić information content (AvgIpc) is 3.35. The quantitative estimate of drug-likeness (QED) is 0.557. The molecule has 0 aromatic heterocycles. The molecule has 2 amide bonds. The van der Waals surface area contributed by atoms with Gasteiger partial charge in [0.15, 0.2) is 5.78 Å². The summed E-state index contributed by atoms with van der Waals surface area (Å²) in [5.74, 6) is -1.61. The van der Waals surface area contributed by atoms with E-state index in [9.17, 15) is 14.4 Å². The second-order valence-electron chi connectivity index (χ2n) is 8.62. The molecule has 0 N–H and O–H groups in total. The summed E-state index contributed by atoms with van der Waals surface area (Å²) in [7, 11) is 0. The lowest BCUT2D eigenvalue weighted by Gasteiger charge is -2.28. The predicted octanol–water partition coefficient (Wildman–Crippen LogP) is 3.79. The SMILES string of the molecule is Cc1ccc(N2C(=O)[C@H]3[C@H](C2=O)[C@@H](C(=O)c2ccc(Cl)cc2)N2CCC[C@H]32)c(C)c1. The lowest BCUT2D eigenvalue weighted by Crippen LogP contribution is -2.46. The van der Waals surface area contributed by atoms with Crippen molar-refractivity contribution in [3.63, 3.8) is 0 Å². The number of Topliss-reactive ketones (excluding diaryl/α,β-unsaturated/α-hetero) is 1. The molecule has 2 aromatic rings. The zero-order valence-electron chi connectivity index (χ0n) is 17.0. The van der Waals surface area contributed by atoms with Gasteiger partial charge in [-0.3, -0.25) is 19.3 Å². The van der Waals surface area contributed by atoms with E-state index in [4.69, 9.17) is 11.6 Å². The fraction of sp³-hybridized carbons (Fsp3) is 0.375. The number of halogens is 1. The van der Waals surface area contributed by atoms with Gasteiger partial charge in [-0.1, -0.05) is 29.3 Å². The number of ketones is 1. The standard InChI is InChI=1S/C24H23ClN2O3/c1-13-5-10-17(14(2)12-13)27-23(29)19-18-4-3-11-26(18)21(20(19)24(27)30)22(28)15-6-8-16(25)9-7-15/h5-10,12,18-21H,3-4,11H2,1-2H3/t18-,19-,20+,21+/m1/s1. The van der Waals surface area contributed by atoms with Crippen molar-refractivity contribution in [2.24, 2.45) is 11.8 Å². The highest BCUT2D eigenvalue weighted by Gasteiger charge is 2.64. The Morgan fingerprint density at radius 2 is 1.70 bits per heavy atom. The number of benzene rings is 2. The van der Waals surface area contributed by atoms with E-state index in [1.54, 1.807) is 24.3 Å². The minimum atomic E-state index is -0.633. The van der Waals surface area contributed by atoms with E-state index in [2.05, 4.69) is 4.90 Å². The van der Waals surface area contributed by atoms with Crippen LogP contribution in [-0.4, -0.2) is 41.1 Å². The smallest absolute Gasteiger partial charge is 0.239 e. The largest absolute Gasteiger partial charge is 0.292 e. The lowest BCUT2D eigenvalue weighted by molar-refractivity contribution is -0.123. The molecule has 4 atom stereocenters. The van der Waals surface area contributed by atoms with Crippen LogP contribution in [0.25, 0.3) is 0 Å². The van der Waals surface area contributed by atoms with Gasteiger partial charge in [0, 0.05) is 16.6 Å². The van der Waals surface area contributed by atoms with Crippen molar-refractivity contribution in [3.8, 4) is 0 Å². The topological polar surface area (TPSA) is 57.7 Å². The Bertz CT molecular complexity index is 1060. The van der Waals surface area contributed by atoms with Gasteiger partial charge in [-0.2, -0.15) is 0 Å². The van der Waals surface area contributed by atoms with E-state index in [-0.39, 0.29) is 23.6 Å². The summed E-state index contributed by atoms with van der Waals surface area (Å²) in [4.78, 5) is 44.0. The van der Waals surface area contributed by atoms with Crippen LogP contribution >= 0.6 is 11.6 Å². The molecule has 3 fully saturated rings. The summed E-state index contributed by atoms with van der Waals surface area (Å²) >= 11 is 5.98. The second kappa shape index (κ2) is 7.03. The molecule has 30 heavy (non-hydrogen) atoms. The van der Waals surface area contributed by atoms with Crippen molar-refractivity contribution in [2.45, 2.75) is 38.8 Å². The summed E-state index contributed by atoms with van der Waals surface area (Å²) in [6.07, 6.45) is 1.77. The Labute approximate surface area is 180 Å². The lowest BCUT2D eigenvalue weighted by atomic mass is 9.85. The second-order valence-corrected chi connectivity index (χ2v) is 9.05. The number of rotatable bonds is 3. The summed E-state index contributed by atoms with van der Waals surface area (Å²) < 4.78 is 0. The van der Waals surface area contributed by atoms with Gasteiger partial charge in [-0.05, 0) is 69.1 Å². The molecule has 3 heterocycles. The Hall–Kier alpha value is -2.50. The van der Waals surface area contributed by atoms with Crippen LogP contribution in [0.4, 0.5) is 5.69 Å². The number of anilines is 1. The van der Waals surface area contributed by atoms with Gasteiger partial charge in [0.25, 0.3) is 0 Å². The molecule has 3 saturated heterocycles. The fourth-order valence-electron chi connectivity index (χ4n) is 5.59. The summed E-state index contributed by atoms with van der Waals surface area (Å²) in [5.41, 5.74) is 3.13. The molecule has 6 heteroatoms. The molecule has 0 aliphatic carbocycles. The molecule has 3 aliphatic heterocycles. The molecule has 5 rings (SSSR count). The Kier molecular flexibility index (Phi) is 4.56. The van der Waals surface area contributed by atoms with Crippen LogP contribution < -0.4 is 4.90 Å². The maximum absolute atomic E-state index is 13.6. The Morgan fingerprint density at radius 1 is 1.00 bits per heavy atom. The van der Waals surface area contributed by atoms with Crippen molar-refractivity contribution in [1.29, 1.82) is 0 Å². The first-order valence-corrected chi connectivity index (χ1v) is 10.8. The molecule has 154 valence electrons. The number of hydrogen-bond acceptors (Lipinski definition) is 4. The molecule has 0 spiro atoms. The maximum atomic E-state index is 13.6. The fourth-order valence-corrected chi connectivity index (χ4v) is 5.72. The number of carbonyl (C=O) groups is 3. The van der Waals surface area contributed by atoms with Crippen LogP contribution in [0.2, 0.25) is 5.02 Å².